The zero-order chi connectivity index (χ0) is 13.4. The summed E-state index contributed by atoms with van der Waals surface area (Å²) in [6, 6.07) is 0.205. The Morgan fingerprint density at radius 1 is 1.41 bits per heavy atom. The van der Waals surface area contributed by atoms with E-state index >= 15 is 0 Å². The van der Waals surface area contributed by atoms with Gasteiger partial charge in [-0.15, -0.1) is 0 Å². The predicted molar refractivity (Wildman–Crippen MR) is 71.6 cm³/mol. The third-order valence-corrected chi connectivity index (χ3v) is 4.29. The number of carbonyl (C=O) groups is 1. The van der Waals surface area contributed by atoms with E-state index in [4.69, 9.17) is 5.73 Å². The maximum Gasteiger partial charge on any atom is 0.225 e. The average molecular weight is 240 g/mol. The molecule has 2 N–H and O–H groups in total. The minimum absolute atomic E-state index is 0.0286. The molecule has 0 aromatic rings. The molecule has 1 rings (SSSR count). The van der Waals surface area contributed by atoms with Crippen molar-refractivity contribution in [1.29, 1.82) is 0 Å². The van der Waals surface area contributed by atoms with Crippen molar-refractivity contribution >= 4 is 5.91 Å². The van der Waals surface area contributed by atoms with Crippen LogP contribution < -0.4 is 5.73 Å². The van der Waals surface area contributed by atoms with Gasteiger partial charge in [0.25, 0.3) is 0 Å². The van der Waals surface area contributed by atoms with Crippen LogP contribution in [-0.2, 0) is 4.79 Å². The normalized spacial score (nSPS) is 26.8. The van der Waals surface area contributed by atoms with Crippen molar-refractivity contribution in [2.75, 3.05) is 13.1 Å². The van der Waals surface area contributed by atoms with Crippen molar-refractivity contribution in [3.8, 4) is 0 Å². The van der Waals surface area contributed by atoms with Gasteiger partial charge in [0.2, 0.25) is 5.91 Å². The fourth-order valence-electron chi connectivity index (χ4n) is 2.21. The molecule has 1 heterocycles. The second-order valence-corrected chi connectivity index (χ2v) is 7.23. The summed E-state index contributed by atoms with van der Waals surface area (Å²) in [5, 5.41) is 0. The smallest absolute Gasteiger partial charge is 0.225 e. The van der Waals surface area contributed by atoms with Crippen molar-refractivity contribution in [2.45, 2.75) is 54.0 Å². The lowest BCUT2D eigenvalue weighted by atomic mass is 9.77. The zero-order valence-corrected chi connectivity index (χ0v) is 12.2. The molecule has 2 unspecified atom stereocenters. The summed E-state index contributed by atoms with van der Waals surface area (Å²) in [7, 11) is 0. The summed E-state index contributed by atoms with van der Waals surface area (Å²) >= 11 is 0. The number of hydrogen-bond donors (Lipinski definition) is 1. The second kappa shape index (κ2) is 4.60. The van der Waals surface area contributed by atoms with Gasteiger partial charge < -0.3 is 10.6 Å². The maximum absolute atomic E-state index is 12.4. The molecule has 100 valence electrons. The van der Waals surface area contributed by atoms with Crippen molar-refractivity contribution in [3.05, 3.63) is 0 Å². The summed E-state index contributed by atoms with van der Waals surface area (Å²) in [6.45, 7) is 14.3. The minimum Gasteiger partial charge on any atom is -0.342 e. The number of hydrogen-bond acceptors (Lipinski definition) is 2. The van der Waals surface area contributed by atoms with Crippen LogP contribution in [0.4, 0.5) is 0 Å². The van der Waals surface area contributed by atoms with Crippen LogP contribution in [0.25, 0.3) is 0 Å². The molecule has 1 fully saturated rings. The number of amides is 1. The summed E-state index contributed by atoms with van der Waals surface area (Å²) in [5.74, 6) is 0.338. The highest BCUT2D eigenvalue weighted by Gasteiger charge is 2.38. The summed E-state index contributed by atoms with van der Waals surface area (Å²) < 4.78 is 0. The monoisotopic (exact) mass is 240 g/mol. The minimum atomic E-state index is 0.0286. The van der Waals surface area contributed by atoms with E-state index in [1.165, 1.54) is 0 Å². The molecule has 1 aliphatic heterocycles. The summed E-state index contributed by atoms with van der Waals surface area (Å²) in [4.78, 5) is 14.4. The van der Waals surface area contributed by atoms with Crippen molar-refractivity contribution in [2.24, 2.45) is 22.5 Å². The molecule has 0 radical (unpaired) electrons. The Balaban J connectivity index is 2.73. The Morgan fingerprint density at radius 2 is 1.94 bits per heavy atom. The molecule has 1 amide bonds. The third-order valence-electron chi connectivity index (χ3n) is 4.29. The Kier molecular flexibility index (Phi) is 3.92. The number of rotatable bonds is 1. The molecule has 3 heteroatoms. The van der Waals surface area contributed by atoms with Gasteiger partial charge in [0.1, 0.15) is 0 Å². The Hall–Kier alpha value is -0.570. The molecule has 2 atom stereocenters. The average Bonchev–Trinajstić information content (AvgIpc) is 2.18. The molecule has 0 aromatic heterocycles. The van der Waals surface area contributed by atoms with Crippen LogP contribution in [0.15, 0.2) is 0 Å². The Labute approximate surface area is 106 Å². The van der Waals surface area contributed by atoms with Gasteiger partial charge in [0, 0.05) is 25.0 Å². The van der Waals surface area contributed by atoms with E-state index in [0.717, 1.165) is 19.5 Å². The van der Waals surface area contributed by atoms with Crippen LogP contribution in [0, 0.1) is 16.7 Å². The molecule has 17 heavy (non-hydrogen) atoms. The van der Waals surface area contributed by atoms with Crippen LogP contribution in [0.1, 0.15) is 48.0 Å². The third kappa shape index (κ3) is 3.21. The lowest BCUT2D eigenvalue weighted by molar-refractivity contribution is -0.141. The van der Waals surface area contributed by atoms with E-state index in [-0.39, 0.29) is 28.7 Å². The van der Waals surface area contributed by atoms with Gasteiger partial charge in [-0.05, 0) is 17.3 Å². The highest BCUT2D eigenvalue weighted by Crippen LogP contribution is 2.32. The van der Waals surface area contributed by atoms with Gasteiger partial charge in [-0.1, -0.05) is 41.5 Å². The van der Waals surface area contributed by atoms with Crippen LogP contribution in [-0.4, -0.2) is 29.9 Å². The highest BCUT2D eigenvalue weighted by molar-refractivity contribution is 5.79. The summed E-state index contributed by atoms with van der Waals surface area (Å²) in [5.41, 5.74) is 6.16. The number of carbonyl (C=O) groups excluding carboxylic acids is 1. The van der Waals surface area contributed by atoms with Crippen molar-refractivity contribution in [1.82, 2.24) is 4.90 Å². The van der Waals surface area contributed by atoms with Crippen LogP contribution in [0.2, 0.25) is 0 Å². The molecule has 0 aliphatic carbocycles. The van der Waals surface area contributed by atoms with E-state index in [1.54, 1.807) is 0 Å². The largest absolute Gasteiger partial charge is 0.342 e. The lowest BCUT2D eigenvalue weighted by Crippen LogP contribution is -2.55. The summed E-state index contributed by atoms with van der Waals surface area (Å²) in [6.07, 6.45) is 0.912. The number of nitrogens with zero attached hydrogens (tertiary/aromatic N) is 1. The van der Waals surface area contributed by atoms with Crippen molar-refractivity contribution < 1.29 is 4.79 Å². The van der Waals surface area contributed by atoms with Gasteiger partial charge in [-0.2, -0.15) is 0 Å². The number of piperidine rings is 1. The molecule has 0 bridgehead atoms. The lowest BCUT2D eigenvalue weighted by Gasteiger charge is -2.44. The zero-order valence-electron chi connectivity index (χ0n) is 12.2. The fourth-order valence-corrected chi connectivity index (χ4v) is 2.21. The molecule has 0 spiro atoms. The molecule has 0 saturated carbocycles. The number of likely N-dealkylation sites (tertiary alicyclic amines) is 1. The number of nitrogens with two attached hydrogens (primary N) is 1. The molecular formula is C14H28N2O. The topological polar surface area (TPSA) is 46.3 Å². The van der Waals surface area contributed by atoms with E-state index in [9.17, 15) is 4.79 Å². The predicted octanol–water partition coefficient (Wildman–Crippen LogP) is 2.25. The van der Waals surface area contributed by atoms with Crippen LogP contribution in [0.5, 0.6) is 0 Å². The first kappa shape index (κ1) is 14.5. The molecule has 1 aliphatic rings. The van der Waals surface area contributed by atoms with Gasteiger partial charge in [0.15, 0.2) is 0 Å². The molecule has 1 saturated heterocycles. The van der Waals surface area contributed by atoms with Crippen LogP contribution >= 0.6 is 0 Å². The first-order chi connectivity index (χ1) is 7.55. The SMILES string of the molecule is CC(C(=O)N1CCC(N)C(C)(C)C1)C(C)(C)C. The highest BCUT2D eigenvalue weighted by atomic mass is 16.2. The quantitative estimate of drug-likeness (QED) is 0.764. The first-order valence-corrected chi connectivity index (χ1v) is 6.60. The van der Waals surface area contributed by atoms with E-state index in [2.05, 4.69) is 34.6 Å². The van der Waals surface area contributed by atoms with E-state index < -0.39 is 0 Å². The molecule has 0 aromatic carbocycles. The van der Waals surface area contributed by atoms with E-state index in [1.807, 2.05) is 11.8 Å². The fraction of sp³-hybridized carbons (Fsp3) is 0.929. The van der Waals surface area contributed by atoms with Crippen molar-refractivity contribution in [3.63, 3.8) is 0 Å². The van der Waals surface area contributed by atoms with Gasteiger partial charge in [0.05, 0.1) is 0 Å². The van der Waals surface area contributed by atoms with Gasteiger partial charge >= 0.3 is 0 Å². The second-order valence-electron chi connectivity index (χ2n) is 7.23. The molecular weight excluding hydrogens is 212 g/mol. The van der Waals surface area contributed by atoms with Crippen LogP contribution in [0.3, 0.4) is 0 Å². The Bertz CT molecular complexity index is 291. The standard InChI is InChI=1S/C14H28N2O/c1-10(13(2,3)4)12(17)16-8-7-11(15)14(5,6)9-16/h10-11H,7-9,15H2,1-6H3. The first-order valence-electron chi connectivity index (χ1n) is 6.60. The Morgan fingerprint density at radius 3 is 2.35 bits per heavy atom. The molecule has 3 nitrogen and oxygen atoms in total. The van der Waals surface area contributed by atoms with Gasteiger partial charge in [-0.3, -0.25) is 4.79 Å². The van der Waals surface area contributed by atoms with E-state index in [0.29, 0.717) is 0 Å². The van der Waals surface area contributed by atoms with Gasteiger partial charge in [-0.25, -0.2) is 0 Å². The maximum atomic E-state index is 12.4.